The Morgan fingerprint density at radius 3 is 2.34 bits per heavy atom. The fourth-order valence-corrected chi connectivity index (χ4v) is 3.65. The maximum atomic E-state index is 12.7. The number of ketones is 1. The Bertz CT molecular complexity index is 1050. The number of Topliss-reactive ketones (excluding diaryl/α,β-unsaturated/α-hetero) is 1. The standard InChI is InChI=1S/C24H27ClN2O2/c1-14-13-19-18(11-12-20(26-6)27-19)22(16-7-9-17(25)10-8-16)21(14)23(15(2)28)29-24(3,4)5/h7-13,23H,1-6H3,(H,26,27)/t23-/m1/s1. The maximum Gasteiger partial charge on any atom is 0.163 e. The van der Waals surface area contributed by atoms with Crippen LogP contribution >= 0.6 is 11.6 Å². The number of rotatable bonds is 5. The van der Waals surface area contributed by atoms with Gasteiger partial charge in [0.1, 0.15) is 11.9 Å². The highest BCUT2D eigenvalue weighted by atomic mass is 35.5. The van der Waals surface area contributed by atoms with Crippen molar-refractivity contribution in [2.45, 2.75) is 46.3 Å². The van der Waals surface area contributed by atoms with Crippen LogP contribution in [-0.4, -0.2) is 23.4 Å². The first-order chi connectivity index (χ1) is 13.6. The van der Waals surface area contributed by atoms with Gasteiger partial charge in [-0.3, -0.25) is 4.79 Å². The zero-order valence-corrected chi connectivity index (χ0v) is 18.5. The molecule has 0 saturated heterocycles. The van der Waals surface area contributed by atoms with E-state index >= 15 is 0 Å². The highest BCUT2D eigenvalue weighted by Gasteiger charge is 2.29. The van der Waals surface area contributed by atoms with E-state index in [0.717, 1.165) is 39.0 Å². The Labute approximate surface area is 177 Å². The lowest BCUT2D eigenvalue weighted by Gasteiger charge is -2.29. The molecule has 1 heterocycles. The number of carbonyl (C=O) groups excluding carboxylic acids is 1. The second-order valence-corrected chi connectivity index (χ2v) is 8.66. The molecule has 5 heteroatoms. The number of ether oxygens (including phenoxy) is 1. The summed E-state index contributed by atoms with van der Waals surface area (Å²) in [5.74, 6) is 0.762. The maximum absolute atomic E-state index is 12.7. The zero-order valence-electron chi connectivity index (χ0n) is 17.8. The number of anilines is 1. The Kier molecular flexibility index (Phi) is 5.97. The molecule has 0 saturated carbocycles. The third kappa shape index (κ3) is 4.60. The summed E-state index contributed by atoms with van der Waals surface area (Å²) >= 11 is 6.13. The average Bonchev–Trinajstić information content (AvgIpc) is 2.64. The third-order valence-corrected chi connectivity index (χ3v) is 4.99. The molecule has 1 N–H and O–H groups in total. The molecular formula is C24H27ClN2O2. The zero-order chi connectivity index (χ0) is 21.3. The molecule has 152 valence electrons. The van der Waals surface area contributed by atoms with Crippen LogP contribution in [0.1, 0.15) is 44.9 Å². The van der Waals surface area contributed by atoms with Crippen LogP contribution in [0, 0.1) is 6.92 Å². The Balaban J connectivity index is 2.38. The van der Waals surface area contributed by atoms with E-state index in [1.165, 1.54) is 0 Å². The topological polar surface area (TPSA) is 51.2 Å². The molecular weight excluding hydrogens is 384 g/mol. The lowest BCUT2D eigenvalue weighted by molar-refractivity contribution is -0.138. The summed E-state index contributed by atoms with van der Waals surface area (Å²) in [6.07, 6.45) is -0.672. The summed E-state index contributed by atoms with van der Waals surface area (Å²) in [7, 11) is 1.85. The van der Waals surface area contributed by atoms with Crippen molar-refractivity contribution < 1.29 is 9.53 Å². The first-order valence-electron chi connectivity index (χ1n) is 9.67. The molecule has 0 aliphatic carbocycles. The molecule has 1 aromatic heterocycles. The lowest BCUT2D eigenvalue weighted by atomic mass is 9.87. The number of nitrogens with one attached hydrogen (secondary N) is 1. The molecule has 0 amide bonds. The number of pyridine rings is 1. The molecule has 0 aliphatic rings. The van der Waals surface area contributed by atoms with Gasteiger partial charge >= 0.3 is 0 Å². The number of carbonyl (C=O) groups is 1. The predicted molar refractivity (Wildman–Crippen MR) is 121 cm³/mol. The van der Waals surface area contributed by atoms with Crippen LogP contribution < -0.4 is 5.32 Å². The monoisotopic (exact) mass is 410 g/mol. The van der Waals surface area contributed by atoms with Gasteiger partial charge in [0.25, 0.3) is 0 Å². The minimum absolute atomic E-state index is 0.0302. The van der Waals surface area contributed by atoms with Gasteiger partial charge in [-0.05, 0) is 87.2 Å². The van der Waals surface area contributed by atoms with E-state index in [0.29, 0.717) is 5.02 Å². The molecule has 0 aliphatic heterocycles. The molecule has 29 heavy (non-hydrogen) atoms. The van der Waals surface area contributed by atoms with Crippen molar-refractivity contribution in [2.75, 3.05) is 12.4 Å². The van der Waals surface area contributed by atoms with Crippen molar-refractivity contribution in [3.8, 4) is 11.1 Å². The van der Waals surface area contributed by atoms with Crippen molar-refractivity contribution in [1.29, 1.82) is 0 Å². The summed E-state index contributed by atoms with van der Waals surface area (Å²) in [4.78, 5) is 17.4. The van der Waals surface area contributed by atoms with Gasteiger partial charge in [0.05, 0.1) is 11.1 Å². The van der Waals surface area contributed by atoms with Crippen LogP contribution in [0.4, 0.5) is 5.82 Å². The molecule has 0 fully saturated rings. The molecule has 3 aromatic rings. The third-order valence-electron chi connectivity index (χ3n) is 4.73. The largest absolute Gasteiger partial charge is 0.373 e. The van der Waals surface area contributed by atoms with E-state index in [-0.39, 0.29) is 5.78 Å². The summed E-state index contributed by atoms with van der Waals surface area (Å²) < 4.78 is 6.24. The van der Waals surface area contributed by atoms with Crippen molar-refractivity contribution in [3.05, 3.63) is 58.6 Å². The van der Waals surface area contributed by atoms with Crippen LogP contribution in [0.25, 0.3) is 22.0 Å². The lowest BCUT2D eigenvalue weighted by Crippen LogP contribution is -2.27. The molecule has 2 aromatic carbocycles. The van der Waals surface area contributed by atoms with E-state index in [1.807, 2.05) is 77.2 Å². The van der Waals surface area contributed by atoms with E-state index in [9.17, 15) is 4.79 Å². The van der Waals surface area contributed by atoms with Gasteiger partial charge in [0, 0.05) is 17.5 Å². The number of fused-ring (bicyclic) bond motifs is 1. The van der Waals surface area contributed by atoms with E-state index in [2.05, 4.69) is 5.32 Å². The Morgan fingerprint density at radius 2 is 1.79 bits per heavy atom. The second-order valence-electron chi connectivity index (χ2n) is 8.22. The van der Waals surface area contributed by atoms with E-state index < -0.39 is 11.7 Å². The molecule has 0 radical (unpaired) electrons. The van der Waals surface area contributed by atoms with E-state index in [4.69, 9.17) is 21.3 Å². The van der Waals surface area contributed by atoms with Gasteiger partial charge in [-0.15, -0.1) is 0 Å². The van der Waals surface area contributed by atoms with Gasteiger partial charge in [-0.1, -0.05) is 23.7 Å². The van der Waals surface area contributed by atoms with Crippen molar-refractivity contribution in [1.82, 2.24) is 4.98 Å². The molecule has 4 nitrogen and oxygen atoms in total. The van der Waals surface area contributed by atoms with Crippen LogP contribution in [0.2, 0.25) is 5.02 Å². The van der Waals surface area contributed by atoms with Crippen molar-refractivity contribution in [2.24, 2.45) is 0 Å². The SMILES string of the molecule is CNc1ccc2c(-c3ccc(Cl)cc3)c([C@H](OC(C)(C)C)C(C)=O)c(C)cc2n1. The number of aromatic nitrogens is 1. The fourth-order valence-electron chi connectivity index (χ4n) is 3.52. The van der Waals surface area contributed by atoms with Gasteiger partial charge in [0.2, 0.25) is 0 Å². The number of hydrogen-bond acceptors (Lipinski definition) is 4. The normalized spacial score (nSPS) is 12.8. The van der Waals surface area contributed by atoms with Gasteiger partial charge in [-0.25, -0.2) is 4.98 Å². The first kappa shape index (κ1) is 21.3. The van der Waals surface area contributed by atoms with Crippen molar-refractivity contribution >= 4 is 34.1 Å². The highest BCUT2D eigenvalue weighted by Crippen LogP contribution is 2.40. The molecule has 0 unspecified atom stereocenters. The quantitative estimate of drug-likeness (QED) is 0.532. The van der Waals surface area contributed by atoms with Crippen LogP contribution in [0.3, 0.4) is 0 Å². The summed E-state index contributed by atoms with van der Waals surface area (Å²) in [5, 5.41) is 4.72. The minimum atomic E-state index is -0.672. The summed E-state index contributed by atoms with van der Waals surface area (Å²) in [6.45, 7) is 9.46. The summed E-state index contributed by atoms with van der Waals surface area (Å²) in [5.41, 5.74) is 4.16. The Morgan fingerprint density at radius 1 is 1.14 bits per heavy atom. The van der Waals surface area contributed by atoms with Crippen LogP contribution in [0.5, 0.6) is 0 Å². The molecule has 1 atom stereocenters. The number of halogens is 1. The molecule has 3 rings (SSSR count). The smallest absolute Gasteiger partial charge is 0.163 e. The fraction of sp³-hybridized carbons (Fsp3) is 0.333. The molecule has 0 spiro atoms. The second kappa shape index (κ2) is 8.13. The van der Waals surface area contributed by atoms with Gasteiger partial charge in [0.15, 0.2) is 5.78 Å². The number of hydrogen-bond donors (Lipinski definition) is 1. The highest BCUT2D eigenvalue weighted by molar-refractivity contribution is 6.30. The van der Waals surface area contributed by atoms with Gasteiger partial charge < -0.3 is 10.1 Å². The molecule has 0 bridgehead atoms. The number of benzene rings is 2. The summed E-state index contributed by atoms with van der Waals surface area (Å²) in [6, 6.07) is 13.7. The first-order valence-corrected chi connectivity index (χ1v) is 10.0. The average molecular weight is 411 g/mol. The Hall–Kier alpha value is -2.43. The van der Waals surface area contributed by atoms with Gasteiger partial charge in [-0.2, -0.15) is 0 Å². The van der Waals surface area contributed by atoms with Crippen LogP contribution in [0.15, 0.2) is 42.5 Å². The van der Waals surface area contributed by atoms with E-state index in [1.54, 1.807) is 6.92 Å². The number of nitrogens with zero attached hydrogens (tertiary/aromatic N) is 1. The minimum Gasteiger partial charge on any atom is -0.373 e. The predicted octanol–water partition coefficient (Wildman–Crippen LogP) is 6.35. The number of aryl methyl sites for hydroxylation is 1. The van der Waals surface area contributed by atoms with Crippen LogP contribution in [-0.2, 0) is 9.53 Å². The van der Waals surface area contributed by atoms with Crippen molar-refractivity contribution in [3.63, 3.8) is 0 Å².